The molecule has 36 heavy (non-hydrogen) atoms. The van der Waals surface area contributed by atoms with Crippen LogP contribution in [0.2, 0.25) is 0 Å². The van der Waals surface area contributed by atoms with Gasteiger partial charge in [-0.1, -0.05) is 30.7 Å². The monoisotopic (exact) mass is 503 g/mol. The summed E-state index contributed by atoms with van der Waals surface area (Å²) in [6, 6.07) is 0. The minimum atomic E-state index is -0.469. The zero-order valence-electron chi connectivity index (χ0n) is 23.6. The van der Waals surface area contributed by atoms with Crippen molar-refractivity contribution in [3.05, 3.63) is 11.6 Å². The molecule has 4 aliphatic carbocycles. The molecular formula is C29H51N4O3+. The van der Waals surface area contributed by atoms with Crippen molar-refractivity contribution in [1.82, 2.24) is 10.6 Å². The number of carbonyl (C=O) groups is 1. The Morgan fingerprint density at radius 2 is 1.89 bits per heavy atom. The van der Waals surface area contributed by atoms with Crippen LogP contribution >= 0.6 is 0 Å². The molecule has 7 atom stereocenters. The molecule has 0 heterocycles. The van der Waals surface area contributed by atoms with Crippen molar-refractivity contribution in [2.24, 2.45) is 39.7 Å². The molecule has 0 bridgehead atoms. The van der Waals surface area contributed by atoms with Crippen molar-refractivity contribution < 1.29 is 19.2 Å². The third-order valence-electron chi connectivity index (χ3n) is 10.4. The number of oxime groups is 1. The maximum absolute atomic E-state index is 12.2. The maximum atomic E-state index is 12.2. The van der Waals surface area contributed by atoms with E-state index in [-0.39, 0.29) is 16.9 Å². The van der Waals surface area contributed by atoms with Crippen molar-refractivity contribution in [2.45, 2.75) is 78.2 Å². The molecule has 0 aliphatic heterocycles. The summed E-state index contributed by atoms with van der Waals surface area (Å²) in [6.45, 7) is 10.2. The van der Waals surface area contributed by atoms with E-state index in [2.05, 4.69) is 56.9 Å². The summed E-state index contributed by atoms with van der Waals surface area (Å²) in [5, 5.41) is 20.7. The van der Waals surface area contributed by atoms with Gasteiger partial charge in [-0.15, -0.1) is 0 Å². The number of fused-ring (bicyclic) bond motifs is 5. The molecule has 3 saturated carbocycles. The molecule has 0 aromatic rings. The SMILES string of the molecule is C/C(=N\OC(=O)NCCNCC[N+](C)(C)C)[C@H]1CC[C@H]2[C@@H]3CC=C4C[C@@H](O)CC[C@]4(C)[C@H]3CC[C@]12C. The van der Waals surface area contributed by atoms with Crippen molar-refractivity contribution in [3.63, 3.8) is 0 Å². The van der Waals surface area contributed by atoms with Crippen LogP contribution in [0, 0.1) is 34.5 Å². The average molecular weight is 504 g/mol. The summed E-state index contributed by atoms with van der Waals surface area (Å²) in [5.41, 5.74) is 2.99. The van der Waals surface area contributed by atoms with Gasteiger partial charge in [0.1, 0.15) is 0 Å². The van der Waals surface area contributed by atoms with Gasteiger partial charge in [0.2, 0.25) is 0 Å². The van der Waals surface area contributed by atoms with Crippen LogP contribution in [0.1, 0.15) is 72.1 Å². The van der Waals surface area contributed by atoms with Crippen LogP contribution in [0.5, 0.6) is 0 Å². The quantitative estimate of drug-likeness (QED) is 0.115. The summed E-state index contributed by atoms with van der Waals surface area (Å²) in [6.07, 6.45) is 10.8. The molecule has 0 saturated heterocycles. The van der Waals surface area contributed by atoms with Crippen molar-refractivity contribution in [3.8, 4) is 0 Å². The summed E-state index contributed by atoms with van der Waals surface area (Å²) in [5.74, 6) is 2.52. The highest BCUT2D eigenvalue weighted by atomic mass is 16.7. The number of amides is 1. The lowest BCUT2D eigenvalue weighted by Gasteiger charge is -2.58. The van der Waals surface area contributed by atoms with Gasteiger partial charge in [0.05, 0.1) is 39.5 Å². The third-order valence-corrected chi connectivity index (χ3v) is 10.4. The number of hydrogen-bond acceptors (Lipinski definition) is 5. The Bertz CT molecular complexity index is 865. The van der Waals surface area contributed by atoms with Gasteiger partial charge in [0.15, 0.2) is 0 Å². The minimum absolute atomic E-state index is 0.147. The van der Waals surface area contributed by atoms with Crippen LogP contribution in [0.15, 0.2) is 16.8 Å². The molecule has 0 radical (unpaired) electrons. The van der Waals surface area contributed by atoms with Crippen molar-refractivity contribution >= 4 is 11.8 Å². The summed E-state index contributed by atoms with van der Waals surface area (Å²) in [4.78, 5) is 17.5. The molecule has 204 valence electrons. The number of likely N-dealkylation sites (N-methyl/N-ethyl adjacent to an activating group) is 1. The number of carbonyl (C=O) groups excluding carboxylic acids is 1. The van der Waals surface area contributed by atoms with Gasteiger partial charge in [-0.25, -0.2) is 4.79 Å². The summed E-state index contributed by atoms with van der Waals surface area (Å²) < 4.78 is 0.917. The lowest BCUT2D eigenvalue weighted by atomic mass is 9.47. The number of nitrogens with one attached hydrogen (secondary N) is 2. The van der Waals surface area contributed by atoms with E-state index in [1.165, 1.54) is 24.8 Å². The fraction of sp³-hybridized carbons (Fsp3) is 0.862. The number of aliphatic hydroxyl groups excluding tert-OH is 1. The number of hydrogen-bond donors (Lipinski definition) is 3. The molecule has 1 amide bonds. The second-order valence-corrected chi connectivity index (χ2v) is 13.6. The first-order valence-corrected chi connectivity index (χ1v) is 14.3. The average Bonchev–Trinajstić information content (AvgIpc) is 3.17. The first-order chi connectivity index (χ1) is 16.9. The van der Waals surface area contributed by atoms with Crippen molar-refractivity contribution in [2.75, 3.05) is 47.3 Å². The molecule has 0 aromatic carbocycles. The first-order valence-electron chi connectivity index (χ1n) is 14.3. The van der Waals surface area contributed by atoms with E-state index in [4.69, 9.17) is 4.84 Å². The molecule has 4 rings (SSSR count). The van der Waals surface area contributed by atoms with Crippen molar-refractivity contribution in [1.29, 1.82) is 0 Å². The molecule has 0 aromatic heterocycles. The lowest BCUT2D eigenvalue weighted by molar-refractivity contribution is -0.869. The van der Waals surface area contributed by atoms with E-state index < -0.39 is 6.09 Å². The van der Waals surface area contributed by atoms with Gasteiger partial charge in [-0.3, -0.25) is 4.84 Å². The normalized spacial score (nSPS) is 38.5. The molecule has 0 spiro atoms. The topological polar surface area (TPSA) is 83.0 Å². The van der Waals surface area contributed by atoms with Gasteiger partial charge in [0.25, 0.3) is 0 Å². The molecule has 7 nitrogen and oxygen atoms in total. The van der Waals surface area contributed by atoms with E-state index in [1.54, 1.807) is 0 Å². The lowest BCUT2D eigenvalue weighted by Crippen LogP contribution is -2.50. The second-order valence-electron chi connectivity index (χ2n) is 13.6. The second kappa shape index (κ2) is 10.7. The zero-order valence-corrected chi connectivity index (χ0v) is 23.6. The number of nitrogens with zero attached hydrogens (tertiary/aromatic N) is 2. The van der Waals surface area contributed by atoms with E-state index in [9.17, 15) is 9.90 Å². The van der Waals surface area contributed by atoms with Gasteiger partial charge in [-0.05, 0) is 86.9 Å². The van der Waals surface area contributed by atoms with Crippen LogP contribution in [0.4, 0.5) is 4.79 Å². The van der Waals surface area contributed by atoms with Gasteiger partial charge in [-0.2, -0.15) is 0 Å². The largest absolute Gasteiger partial charge is 0.433 e. The van der Waals surface area contributed by atoms with E-state index in [1.807, 2.05) is 6.92 Å². The zero-order chi connectivity index (χ0) is 26.1. The van der Waals surface area contributed by atoms with Gasteiger partial charge in [0, 0.05) is 25.6 Å². The first kappa shape index (κ1) is 27.6. The Hall–Kier alpha value is -1.44. The van der Waals surface area contributed by atoms with Crippen LogP contribution in [0.25, 0.3) is 0 Å². The Kier molecular flexibility index (Phi) is 8.23. The Morgan fingerprint density at radius 3 is 2.64 bits per heavy atom. The highest BCUT2D eigenvalue weighted by molar-refractivity contribution is 5.85. The van der Waals surface area contributed by atoms with Gasteiger partial charge >= 0.3 is 6.09 Å². The van der Waals surface area contributed by atoms with Crippen LogP contribution < -0.4 is 10.6 Å². The molecule has 4 aliphatic rings. The Labute approximate surface area is 218 Å². The molecule has 3 N–H and O–H groups in total. The Morgan fingerprint density at radius 1 is 1.11 bits per heavy atom. The molecule has 3 fully saturated rings. The highest BCUT2D eigenvalue weighted by Gasteiger charge is 2.59. The minimum Gasteiger partial charge on any atom is -0.393 e. The van der Waals surface area contributed by atoms with Gasteiger partial charge < -0.3 is 20.2 Å². The maximum Gasteiger partial charge on any atom is 0.433 e. The predicted molar refractivity (Wildman–Crippen MR) is 145 cm³/mol. The summed E-state index contributed by atoms with van der Waals surface area (Å²) >= 11 is 0. The molecule has 7 heteroatoms. The highest BCUT2D eigenvalue weighted by Crippen LogP contribution is 2.66. The van der Waals surface area contributed by atoms with Crippen LogP contribution in [-0.4, -0.2) is 74.8 Å². The summed E-state index contributed by atoms with van der Waals surface area (Å²) in [7, 11) is 6.50. The smallest absolute Gasteiger partial charge is 0.393 e. The third kappa shape index (κ3) is 5.68. The van der Waals surface area contributed by atoms with E-state index >= 15 is 0 Å². The fourth-order valence-electron chi connectivity index (χ4n) is 8.33. The van der Waals surface area contributed by atoms with Crippen LogP contribution in [-0.2, 0) is 4.84 Å². The Balaban J connectivity index is 1.30. The molecular weight excluding hydrogens is 452 g/mol. The van der Waals surface area contributed by atoms with E-state index in [0.29, 0.717) is 18.4 Å². The number of quaternary nitrogens is 1. The molecule has 0 unspecified atom stereocenters. The fourth-order valence-corrected chi connectivity index (χ4v) is 8.33. The van der Waals surface area contributed by atoms with Crippen LogP contribution in [0.3, 0.4) is 0 Å². The number of aliphatic hydroxyl groups is 1. The standard InChI is InChI=1S/C29H50N4O3/c1-20(32-36-27(35)31-16-15-30-17-18-33(4,5)6)24-9-10-25-23-8-7-21-19-22(34)11-13-28(21,2)26(23)12-14-29(24,25)3/h7,22-26,30,34H,8-19H2,1-6H3/p+1/b32-20+/t22-,23-,24+,25-,26-,28-,29+/m0/s1. The van der Waals surface area contributed by atoms with E-state index in [0.717, 1.165) is 73.8 Å². The predicted octanol–water partition coefficient (Wildman–Crippen LogP) is 4.32. The number of allylic oxidation sites excluding steroid dienone is 1. The number of rotatable bonds is 8.